The maximum absolute atomic E-state index is 4.76. The lowest BCUT2D eigenvalue weighted by Crippen LogP contribution is -2.19. The lowest BCUT2D eigenvalue weighted by Gasteiger charge is -2.14. The van der Waals surface area contributed by atoms with Crippen molar-refractivity contribution in [3.63, 3.8) is 0 Å². The van der Waals surface area contributed by atoms with Crippen LogP contribution in [0.2, 0.25) is 0 Å². The van der Waals surface area contributed by atoms with Gasteiger partial charge in [-0.3, -0.25) is 0 Å². The van der Waals surface area contributed by atoms with Gasteiger partial charge in [-0.1, -0.05) is 42.0 Å². The van der Waals surface area contributed by atoms with E-state index < -0.39 is 0 Å². The molecule has 1 N–H and O–H groups in total. The van der Waals surface area contributed by atoms with Crippen molar-refractivity contribution < 1.29 is 0 Å². The second-order valence-electron chi connectivity index (χ2n) is 6.22. The van der Waals surface area contributed by atoms with E-state index in [2.05, 4.69) is 78.3 Å². The molecule has 0 saturated heterocycles. The molecule has 0 bridgehead atoms. The van der Waals surface area contributed by atoms with Crippen molar-refractivity contribution >= 4 is 17.0 Å². The fraction of sp³-hybridized carbons (Fsp3) is 0.316. The largest absolute Gasteiger partial charge is 0.352 e. The standard InChI is InChI=1S/C19H24N4/c1-15-7-6-8-16(13-15)14-20-19-21-17-9-4-5-10-18(17)23(19)12-11-22(2)3/h4-10,13H,11-12,14H2,1-3H3,(H,20,21). The minimum atomic E-state index is 0.785. The number of hydrogen-bond acceptors (Lipinski definition) is 3. The first-order chi connectivity index (χ1) is 11.1. The van der Waals surface area contributed by atoms with Gasteiger partial charge in [-0.05, 0) is 38.7 Å². The lowest BCUT2D eigenvalue weighted by molar-refractivity contribution is 0.387. The second kappa shape index (κ2) is 6.84. The summed E-state index contributed by atoms with van der Waals surface area (Å²) in [6, 6.07) is 16.9. The molecule has 0 aliphatic heterocycles. The van der Waals surface area contributed by atoms with Crippen molar-refractivity contribution in [3.05, 3.63) is 59.7 Å². The number of anilines is 1. The number of imidazole rings is 1. The third-order valence-electron chi connectivity index (χ3n) is 3.96. The summed E-state index contributed by atoms with van der Waals surface area (Å²) in [4.78, 5) is 6.96. The number of benzene rings is 2. The van der Waals surface area contributed by atoms with E-state index >= 15 is 0 Å². The molecule has 4 heteroatoms. The summed E-state index contributed by atoms with van der Waals surface area (Å²) in [5.41, 5.74) is 4.78. The molecule has 2 aromatic carbocycles. The van der Waals surface area contributed by atoms with Crippen molar-refractivity contribution in [1.29, 1.82) is 0 Å². The Kier molecular flexibility index (Phi) is 4.63. The van der Waals surface area contributed by atoms with Crippen LogP contribution in [0.15, 0.2) is 48.5 Å². The van der Waals surface area contributed by atoms with Gasteiger partial charge in [0.2, 0.25) is 5.95 Å². The highest BCUT2D eigenvalue weighted by Gasteiger charge is 2.10. The van der Waals surface area contributed by atoms with E-state index in [-0.39, 0.29) is 0 Å². The van der Waals surface area contributed by atoms with E-state index in [1.54, 1.807) is 0 Å². The summed E-state index contributed by atoms with van der Waals surface area (Å²) in [5.74, 6) is 0.939. The van der Waals surface area contributed by atoms with Crippen LogP contribution in [0.1, 0.15) is 11.1 Å². The van der Waals surface area contributed by atoms with Crippen LogP contribution in [0.3, 0.4) is 0 Å². The van der Waals surface area contributed by atoms with E-state index in [4.69, 9.17) is 4.98 Å². The Bertz CT molecular complexity index is 789. The summed E-state index contributed by atoms with van der Waals surface area (Å²) >= 11 is 0. The van der Waals surface area contributed by atoms with Gasteiger partial charge in [-0.2, -0.15) is 0 Å². The van der Waals surface area contributed by atoms with Crippen LogP contribution in [0, 0.1) is 6.92 Å². The first-order valence-corrected chi connectivity index (χ1v) is 8.03. The van der Waals surface area contributed by atoms with Crippen LogP contribution < -0.4 is 5.32 Å². The summed E-state index contributed by atoms with van der Waals surface area (Å²) < 4.78 is 2.27. The van der Waals surface area contributed by atoms with Crippen LogP contribution in [-0.2, 0) is 13.1 Å². The van der Waals surface area contributed by atoms with E-state index in [0.29, 0.717) is 0 Å². The summed E-state index contributed by atoms with van der Waals surface area (Å²) in [6.07, 6.45) is 0. The SMILES string of the molecule is Cc1cccc(CNc2nc3ccccc3n2CCN(C)C)c1. The minimum absolute atomic E-state index is 0.785. The number of nitrogens with one attached hydrogen (secondary N) is 1. The van der Waals surface area contributed by atoms with Gasteiger partial charge >= 0.3 is 0 Å². The summed E-state index contributed by atoms with van der Waals surface area (Å²) in [7, 11) is 4.19. The molecule has 3 rings (SSSR count). The van der Waals surface area contributed by atoms with E-state index in [9.17, 15) is 0 Å². The van der Waals surface area contributed by atoms with Gasteiger partial charge in [0.25, 0.3) is 0 Å². The number of nitrogens with zero attached hydrogens (tertiary/aromatic N) is 3. The van der Waals surface area contributed by atoms with E-state index in [1.165, 1.54) is 16.6 Å². The van der Waals surface area contributed by atoms with Crippen LogP contribution >= 0.6 is 0 Å². The first kappa shape index (κ1) is 15.6. The zero-order valence-corrected chi connectivity index (χ0v) is 14.1. The second-order valence-corrected chi connectivity index (χ2v) is 6.22. The molecule has 23 heavy (non-hydrogen) atoms. The fourth-order valence-corrected chi connectivity index (χ4v) is 2.74. The number of hydrogen-bond donors (Lipinski definition) is 1. The maximum Gasteiger partial charge on any atom is 0.204 e. The van der Waals surface area contributed by atoms with Crippen molar-refractivity contribution in [2.24, 2.45) is 0 Å². The molecule has 4 nitrogen and oxygen atoms in total. The Labute approximate surface area is 137 Å². The third-order valence-corrected chi connectivity index (χ3v) is 3.96. The normalized spacial score (nSPS) is 11.3. The Morgan fingerprint density at radius 2 is 1.91 bits per heavy atom. The van der Waals surface area contributed by atoms with Crippen LogP contribution in [0.25, 0.3) is 11.0 Å². The molecular formula is C19H24N4. The molecule has 0 aliphatic rings. The van der Waals surface area contributed by atoms with Crippen LogP contribution in [0.4, 0.5) is 5.95 Å². The molecule has 0 atom stereocenters. The predicted molar refractivity (Wildman–Crippen MR) is 96.8 cm³/mol. The van der Waals surface area contributed by atoms with Gasteiger partial charge in [0, 0.05) is 19.6 Å². The molecule has 0 fully saturated rings. The van der Waals surface area contributed by atoms with E-state index in [0.717, 1.165) is 31.1 Å². The topological polar surface area (TPSA) is 33.1 Å². The number of aryl methyl sites for hydroxylation is 1. The quantitative estimate of drug-likeness (QED) is 0.756. The number of fused-ring (bicyclic) bond motifs is 1. The molecule has 0 unspecified atom stereocenters. The van der Waals surface area contributed by atoms with Gasteiger partial charge in [-0.25, -0.2) is 4.98 Å². The van der Waals surface area contributed by atoms with Crippen LogP contribution in [0.5, 0.6) is 0 Å². The van der Waals surface area contributed by atoms with Crippen LogP contribution in [-0.4, -0.2) is 35.1 Å². The Morgan fingerprint density at radius 3 is 2.70 bits per heavy atom. The van der Waals surface area contributed by atoms with Gasteiger partial charge < -0.3 is 14.8 Å². The Morgan fingerprint density at radius 1 is 1.09 bits per heavy atom. The number of rotatable bonds is 6. The van der Waals surface area contributed by atoms with Gasteiger partial charge in [0.15, 0.2) is 0 Å². The molecule has 0 radical (unpaired) electrons. The fourth-order valence-electron chi connectivity index (χ4n) is 2.74. The number of likely N-dealkylation sites (N-methyl/N-ethyl adjacent to an activating group) is 1. The highest BCUT2D eigenvalue weighted by molar-refractivity contribution is 5.78. The molecule has 120 valence electrons. The van der Waals surface area contributed by atoms with Gasteiger partial charge in [0.1, 0.15) is 0 Å². The van der Waals surface area contributed by atoms with Gasteiger partial charge in [-0.15, -0.1) is 0 Å². The highest BCUT2D eigenvalue weighted by atomic mass is 15.2. The summed E-state index contributed by atoms with van der Waals surface area (Å²) in [6.45, 7) is 4.81. The molecule has 0 aliphatic carbocycles. The first-order valence-electron chi connectivity index (χ1n) is 8.03. The smallest absolute Gasteiger partial charge is 0.204 e. The molecule has 0 amide bonds. The average molecular weight is 308 g/mol. The molecule has 1 heterocycles. The monoisotopic (exact) mass is 308 g/mol. The molecule has 3 aromatic rings. The van der Waals surface area contributed by atoms with E-state index in [1.807, 2.05) is 6.07 Å². The zero-order chi connectivity index (χ0) is 16.2. The predicted octanol–water partition coefficient (Wildman–Crippen LogP) is 3.52. The van der Waals surface area contributed by atoms with Crippen molar-refractivity contribution in [2.45, 2.75) is 20.0 Å². The van der Waals surface area contributed by atoms with Crippen molar-refractivity contribution in [1.82, 2.24) is 14.5 Å². The van der Waals surface area contributed by atoms with Gasteiger partial charge in [0.05, 0.1) is 11.0 Å². The lowest BCUT2D eigenvalue weighted by atomic mass is 10.1. The minimum Gasteiger partial charge on any atom is -0.352 e. The molecule has 0 spiro atoms. The Balaban J connectivity index is 1.85. The summed E-state index contributed by atoms with van der Waals surface area (Å²) in [5, 5.41) is 3.50. The highest BCUT2D eigenvalue weighted by Crippen LogP contribution is 2.20. The number of para-hydroxylation sites is 2. The molecule has 0 saturated carbocycles. The zero-order valence-electron chi connectivity index (χ0n) is 14.1. The number of aromatic nitrogens is 2. The molecular weight excluding hydrogens is 284 g/mol. The molecule has 1 aromatic heterocycles. The Hall–Kier alpha value is -2.33. The third kappa shape index (κ3) is 3.71. The van der Waals surface area contributed by atoms with Crippen molar-refractivity contribution in [3.8, 4) is 0 Å². The maximum atomic E-state index is 4.76. The average Bonchev–Trinajstić information content (AvgIpc) is 2.88. The van der Waals surface area contributed by atoms with Crippen molar-refractivity contribution in [2.75, 3.05) is 26.0 Å².